The molecule has 0 radical (unpaired) electrons. The minimum absolute atomic E-state index is 0.0697. The van der Waals surface area contributed by atoms with Crippen LogP contribution in [0.5, 0.6) is 5.75 Å². The number of amides is 3. The predicted molar refractivity (Wildman–Crippen MR) is 155 cm³/mol. The van der Waals surface area contributed by atoms with Crippen molar-refractivity contribution in [2.24, 2.45) is 0 Å². The minimum Gasteiger partial charge on any atom is -0.494 e. The Labute approximate surface area is 232 Å². The Bertz CT molecular complexity index is 1190. The molecule has 2 unspecified atom stereocenters. The molecule has 0 bridgehead atoms. The first-order valence-corrected chi connectivity index (χ1v) is 13.5. The Balaban J connectivity index is 0.00000260. The fraction of sp³-hybridized carbons (Fsp3) is 0.300. The van der Waals surface area contributed by atoms with Gasteiger partial charge in [0.1, 0.15) is 17.6 Å². The van der Waals surface area contributed by atoms with Crippen LogP contribution in [0.1, 0.15) is 43.0 Å². The van der Waals surface area contributed by atoms with E-state index in [1.807, 2.05) is 51.1 Å². The van der Waals surface area contributed by atoms with E-state index in [9.17, 15) is 18.8 Å². The molecule has 0 saturated carbocycles. The third-order valence-electron chi connectivity index (χ3n) is 5.40. The monoisotopic (exact) mass is 553 g/mol. The van der Waals surface area contributed by atoms with Gasteiger partial charge in [0.25, 0.3) is 0 Å². The van der Waals surface area contributed by atoms with Crippen molar-refractivity contribution in [3.8, 4) is 5.75 Å². The van der Waals surface area contributed by atoms with Crippen LogP contribution in [0.2, 0.25) is 0 Å². The van der Waals surface area contributed by atoms with Crippen molar-refractivity contribution in [2.45, 2.75) is 39.7 Å². The Hall–Kier alpha value is -3.77. The summed E-state index contributed by atoms with van der Waals surface area (Å²) in [5.74, 6) is -0.995. The fourth-order valence-electron chi connectivity index (χ4n) is 3.57. The maximum atomic E-state index is 13.5. The first-order valence-electron chi connectivity index (χ1n) is 12.9. The van der Waals surface area contributed by atoms with E-state index in [2.05, 4.69) is 25.2 Å². The molecule has 3 aromatic rings. The molecule has 3 amide bonds. The number of halogens is 1. The van der Waals surface area contributed by atoms with Crippen molar-refractivity contribution in [1.29, 1.82) is 0 Å². The van der Waals surface area contributed by atoms with Gasteiger partial charge in [0.2, 0.25) is 17.7 Å². The second kappa shape index (κ2) is 16.9. The topological polar surface area (TPSA) is 96.5 Å². The molecule has 3 aromatic carbocycles. The zero-order chi connectivity index (χ0) is 28.6. The summed E-state index contributed by atoms with van der Waals surface area (Å²) in [4.78, 5) is 37.7. The standard InChI is InChI=1S/C28H31FN3O4P.C2H6/c1-19-8-10-23(11-9-19)36-13-5-12-30-28(35)27(21-6-3-2-4-7-21)32-26(34)18-31-25(33)16-20-14-22(29)17-24(37)15-20;1-2/h2-4,6-11,14-15,17,27H,5,12-13,16,18,37H2,1H3,(H,30,35)(H,31,33)(H,32,34);1-2H3. The van der Waals surface area contributed by atoms with E-state index in [1.54, 1.807) is 30.3 Å². The van der Waals surface area contributed by atoms with Gasteiger partial charge in [0.05, 0.1) is 19.6 Å². The molecule has 0 fully saturated rings. The largest absolute Gasteiger partial charge is 0.494 e. The minimum atomic E-state index is -0.925. The lowest BCUT2D eigenvalue weighted by molar-refractivity contribution is -0.129. The Morgan fingerprint density at radius 3 is 2.28 bits per heavy atom. The third kappa shape index (κ3) is 11.7. The molecule has 2 atom stereocenters. The maximum absolute atomic E-state index is 13.5. The normalized spacial score (nSPS) is 10.9. The number of benzene rings is 3. The van der Waals surface area contributed by atoms with E-state index >= 15 is 0 Å². The highest BCUT2D eigenvalue weighted by Crippen LogP contribution is 2.14. The molecule has 3 rings (SSSR count). The highest BCUT2D eigenvalue weighted by atomic mass is 31.0. The molecule has 9 heteroatoms. The molecule has 0 heterocycles. The van der Waals surface area contributed by atoms with E-state index in [0.717, 1.165) is 11.3 Å². The van der Waals surface area contributed by atoms with Crippen LogP contribution in [0.4, 0.5) is 4.39 Å². The van der Waals surface area contributed by atoms with Crippen molar-refractivity contribution in [3.63, 3.8) is 0 Å². The number of rotatable bonds is 12. The number of ether oxygens (including phenoxy) is 1. The van der Waals surface area contributed by atoms with Crippen molar-refractivity contribution < 1.29 is 23.5 Å². The second-order valence-corrected chi connectivity index (χ2v) is 9.23. The lowest BCUT2D eigenvalue weighted by Crippen LogP contribution is -2.44. The van der Waals surface area contributed by atoms with Gasteiger partial charge >= 0.3 is 0 Å². The molecule has 0 aliphatic rings. The Morgan fingerprint density at radius 2 is 1.62 bits per heavy atom. The molecule has 3 N–H and O–H groups in total. The van der Waals surface area contributed by atoms with Gasteiger partial charge < -0.3 is 20.7 Å². The molecule has 39 heavy (non-hydrogen) atoms. The van der Waals surface area contributed by atoms with Gasteiger partial charge in [-0.1, -0.05) is 67.9 Å². The second-order valence-electron chi connectivity index (χ2n) is 8.56. The molecular weight excluding hydrogens is 516 g/mol. The summed E-state index contributed by atoms with van der Waals surface area (Å²) >= 11 is 0. The average Bonchev–Trinajstić information content (AvgIpc) is 2.92. The van der Waals surface area contributed by atoms with Gasteiger partial charge in [0.15, 0.2) is 0 Å². The van der Waals surface area contributed by atoms with Crippen LogP contribution in [0.25, 0.3) is 0 Å². The van der Waals surface area contributed by atoms with Crippen LogP contribution in [0.15, 0.2) is 72.8 Å². The smallest absolute Gasteiger partial charge is 0.247 e. The molecule has 208 valence electrons. The van der Waals surface area contributed by atoms with Crippen molar-refractivity contribution in [2.75, 3.05) is 19.7 Å². The van der Waals surface area contributed by atoms with Gasteiger partial charge in [-0.15, -0.1) is 9.24 Å². The van der Waals surface area contributed by atoms with Crippen molar-refractivity contribution >= 4 is 32.3 Å². The zero-order valence-corrected chi connectivity index (χ0v) is 23.8. The van der Waals surface area contributed by atoms with Crippen LogP contribution in [-0.2, 0) is 20.8 Å². The van der Waals surface area contributed by atoms with E-state index in [4.69, 9.17) is 4.74 Å². The van der Waals surface area contributed by atoms with Gasteiger partial charge in [-0.05, 0) is 54.0 Å². The van der Waals surface area contributed by atoms with Gasteiger partial charge in [-0.2, -0.15) is 0 Å². The zero-order valence-electron chi connectivity index (χ0n) is 22.6. The van der Waals surface area contributed by atoms with E-state index in [0.29, 0.717) is 36.0 Å². The van der Waals surface area contributed by atoms with Crippen molar-refractivity contribution in [1.82, 2.24) is 16.0 Å². The highest BCUT2D eigenvalue weighted by Gasteiger charge is 2.22. The van der Waals surface area contributed by atoms with Crippen LogP contribution in [0, 0.1) is 12.7 Å². The summed E-state index contributed by atoms with van der Waals surface area (Å²) in [6.07, 6.45) is 0.517. The van der Waals surface area contributed by atoms with Gasteiger partial charge in [-0.3, -0.25) is 14.4 Å². The van der Waals surface area contributed by atoms with Gasteiger partial charge in [-0.25, -0.2) is 4.39 Å². The molecule has 0 aliphatic carbocycles. The molecule has 0 aromatic heterocycles. The van der Waals surface area contributed by atoms with E-state index in [-0.39, 0.29) is 18.9 Å². The lowest BCUT2D eigenvalue weighted by atomic mass is 10.1. The predicted octanol–water partition coefficient (Wildman–Crippen LogP) is 3.76. The number of carbonyl (C=O) groups excluding carboxylic acids is 3. The lowest BCUT2D eigenvalue weighted by Gasteiger charge is -2.19. The summed E-state index contributed by atoms with van der Waals surface area (Å²) in [5, 5.41) is 8.65. The number of nitrogens with one attached hydrogen (secondary N) is 3. The first-order chi connectivity index (χ1) is 18.8. The number of carbonyl (C=O) groups is 3. The van der Waals surface area contributed by atoms with Crippen LogP contribution in [-0.4, -0.2) is 37.4 Å². The van der Waals surface area contributed by atoms with E-state index < -0.39 is 23.7 Å². The maximum Gasteiger partial charge on any atom is 0.247 e. The molecule has 7 nitrogen and oxygen atoms in total. The van der Waals surface area contributed by atoms with Crippen molar-refractivity contribution in [3.05, 3.63) is 95.3 Å². The van der Waals surface area contributed by atoms with Crippen LogP contribution in [0.3, 0.4) is 0 Å². The van der Waals surface area contributed by atoms with Crippen LogP contribution < -0.4 is 26.0 Å². The van der Waals surface area contributed by atoms with Gasteiger partial charge in [0, 0.05) is 6.54 Å². The number of hydrogen-bond acceptors (Lipinski definition) is 4. The molecule has 0 spiro atoms. The fourth-order valence-corrected chi connectivity index (χ4v) is 3.95. The number of hydrogen-bond donors (Lipinski definition) is 3. The van der Waals surface area contributed by atoms with E-state index in [1.165, 1.54) is 12.1 Å². The quantitative estimate of drug-likeness (QED) is 0.235. The molecule has 0 aliphatic heterocycles. The summed E-state index contributed by atoms with van der Waals surface area (Å²) in [5.41, 5.74) is 2.26. The third-order valence-corrected chi connectivity index (χ3v) is 5.73. The average molecular weight is 554 g/mol. The Kier molecular flexibility index (Phi) is 13.7. The molecular formula is C30H37FN3O4P. The Morgan fingerprint density at radius 1 is 0.923 bits per heavy atom. The SMILES string of the molecule is CC.Cc1ccc(OCCCNC(=O)C(NC(=O)CNC(=O)Cc2cc(F)cc(P)c2)c2ccccc2)cc1. The van der Waals surface area contributed by atoms with Crippen LogP contribution >= 0.6 is 9.24 Å². The number of aryl methyl sites for hydroxylation is 1. The molecule has 0 saturated heterocycles. The summed E-state index contributed by atoms with van der Waals surface area (Å²) in [7, 11) is 2.38. The first kappa shape index (κ1) is 31.4. The summed E-state index contributed by atoms with van der Waals surface area (Å²) in [6.45, 7) is 6.48. The summed E-state index contributed by atoms with van der Waals surface area (Å²) in [6, 6.07) is 19.9. The summed E-state index contributed by atoms with van der Waals surface area (Å²) < 4.78 is 19.2. The highest BCUT2D eigenvalue weighted by molar-refractivity contribution is 7.27.